The van der Waals surface area contributed by atoms with Crippen molar-refractivity contribution >= 4 is 5.82 Å². The molecule has 142 valence electrons. The normalized spacial score (nSPS) is 23.4. The number of anilines is 1. The summed E-state index contributed by atoms with van der Waals surface area (Å²) < 4.78 is 27.2. The van der Waals surface area contributed by atoms with Gasteiger partial charge in [-0.1, -0.05) is 6.07 Å². The smallest absolute Gasteiger partial charge is 0.148 e. The Kier molecular flexibility index (Phi) is 4.24. The lowest BCUT2D eigenvalue weighted by atomic mass is 10.1. The highest BCUT2D eigenvalue weighted by atomic mass is 19.1. The first-order chi connectivity index (χ1) is 13.7. The van der Waals surface area contributed by atoms with Crippen LogP contribution < -0.4 is 5.32 Å². The summed E-state index contributed by atoms with van der Waals surface area (Å²) in [6.07, 6.45) is 1.83. The van der Waals surface area contributed by atoms with Crippen molar-refractivity contribution in [2.45, 2.75) is 12.6 Å². The molecule has 2 aliphatic rings. The molecule has 3 atom stereocenters. The molecule has 1 saturated heterocycles. The molecule has 28 heavy (non-hydrogen) atoms. The summed E-state index contributed by atoms with van der Waals surface area (Å²) in [4.78, 5) is 6.82. The van der Waals surface area contributed by atoms with Crippen molar-refractivity contribution in [3.05, 3.63) is 72.1 Å². The van der Waals surface area contributed by atoms with Crippen molar-refractivity contribution in [3.63, 3.8) is 0 Å². The van der Waals surface area contributed by atoms with Gasteiger partial charge in [-0.25, -0.2) is 8.78 Å². The molecule has 1 aliphatic heterocycles. The van der Waals surface area contributed by atoms with E-state index >= 15 is 0 Å². The van der Waals surface area contributed by atoms with E-state index in [1.54, 1.807) is 12.1 Å². The van der Waals surface area contributed by atoms with E-state index in [2.05, 4.69) is 31.5 Å². The summed E-state index contributed by atoms with van der Waals surface area (Å²) in [5.74, 6) is 0.857. The van der Waals surface area contributed by atoms with Crippen molar-refractivity contribution in [3.8, 4) is 11.3 Å². The van der Waals surface area contributed by atoms with Crippen LogP contribution in [0.25, 0.3) is 11.3 Å². The summed E-state index contributed by atoms with van der Waals surface area (Å²) in [5, 5.41) is 11.6. The predicted octanol–water partition coefficient (Wildman–Crippen LogP) is 3.36. The molecule has 3 aromatic rings. The average Bonchev–Trinajstić information content (AvgIpc) is 3.15. The molecule has 0 spiro atoms. The van der Waals surface area contributed by atoms with Crippen molar-refractivity contribution < 1.29 is 8.78 Å². The van der Waals surface area contributed by atoms with Crippen LogP contribution in [0.4, 0.5) is 14.6 Å². The van der Waals surface area contributed by atoms with Gasteiger partial charge in [0.15, 0.2) is 0 Å². The molecule has 1 aromatic carbocycles. The number of hydrogen-bond donors (Lipinski definition) is 1. The van der Waals surface area contributed by atoms with E-state index in [0.29, 0.717) is 29.4 Å². The van der Waals surface area contributed by atoms with E-state index in [1.165, 1.54) is 0 Å². The molecule has 5 rings (SSSR count). The Labute approximate surface area is 161 Å². The van der Waals surface area contributed by atoms with Crippen molar-refractivity contribution in [1.29, 1.82) is 0 Å². The van der Waals surface area contributed by atoms with Crippen LogP contribution >= 0.6 is 0 Å². The lowest BCUT2D eigenvalue weighted by Gasteiger charge is -2.19. The maximum Gasteiger partial charge on any atom is 0.148 e. The summed E-state index contributed by atoms with van der Waals surface area (Å²) in [7, 11) is 0. The van der Waals surface area contributed by atoms with Crippen LogP contribution in [0.5, 0.6) is 0 Å². The number of rotatable bonds is 5. The molecular weight excluding hydrogens is 360 g/mol. The van der Waals surface area contributed by atoms with E-state index < -0.39 is 11.6 Å². The highest BCUT2D eigenvalue weighted by Gasteiger charge is 2.55. The van der Waals surface area contributed by atoms with Crippen molar-refractivity contribution in [2.75, 3.05) is 18.4 Å². The molecule has 0 bridgehead atoms. The fourth-order valence-electron chi connectivity index (χ4n) is 4.10. The number of nitrogens with one attached hydrogen (secondary N) is 1. The zero-order valence-electron chi connectivity index (χ0n) is 15.1. The molecule has 1 saturated carbocycles. The molecular formula is C21H19F2N5. The number of nitrogens with zero attached hydrogens (tertiary/aromatic N) is 4. The molecule has 0 radical (unpaired) electrons. The maximum absolute atomic E-state index is 13.9. The van der Waals surface area contributed by atoms with Crippen LogP contribution in [0.15, 0.2) is 54.7 Å². The maximum atomic E-state index is 13.9. The van der Waals surface area contributed by atoms with Gasteiger partial charge in [0.2, 0.25) is 0 Å². The van der Waals surface area contributed by atoms with Crippen LogP contribution in [0.3, 0.4) is 0 Å². The van der Waals surface area contributed by atoms with Gasteiger partial charge in [-0.15, -0.1) is 10.2 Å². The number of halogens is 2. The van der Waals surface area contributed by atoms with Crippen LogP contribution in [-0.2, 0) is 6.54 Å². The average molecular weight is 379 g/mol. The van der Waals surface area contributed by atoms with E-state index in [9.17, 15) is 8.78 Å². The molecule has 3 heterocycles. The summed E-state index contributed by atoms with van der Waals surface area (Å²) >= 11 is 0. The molecule has 2 aromatic heterocycles. The summed E-state index contributed by atoms with van der Waals surface area (Å²) in [6, 6.07) is 13.1. The first-order valence-corrected chi connectivity index (χ1v) is 9.35. The minimum atomic E-state index is -0.513. The number of pyridine rings is 1. The standard InChI is InChI=1S/C21H19F2N5/c22-13-4-5-18(23)15(9-13)19-6-7-20(27-26-19)25-21-16-11-28(12-17(16)21)10-14-3-1-2-8-24-14/h1-9,16-17,21H,10-12H2,(H,25,27)/t16-,17+,21-. The van der Waals surface area contributed by atoms with Crippen LogP contribution in [0.1, 0.15) is 5.69 Å². The Hall–Kier alpha value is -2.93. The van der Waals surface area contributed by atoms with Crippen LogP contribution in [0, 0.1) is 23.5 Å². The second-order valence-electron chi connectivity index (χ2n) is 7.44. The van der Waals surface area contributed by atoms with Crippen LogP contribution in [-0.4, -0.2) is 39.2 Å². The van der Waals surface area contributed by atoms with Crippen molar-refractivity contribution in [1.82, 2.24) is 20.1 Å². The number of hydrogen-bond acceptors (Lipinski definition) is 5. The fraction of sp³-hybridized carbons (Fsp3) is 0.286. The van der Waals surface area contributed by atoms with Gasteiger partial charge in [0.25, 0.3) is 0 Å². The van der Waals surface area contributed by atoms with Gasteiger partial charge < -0.3 is 5.32 Å². The summed E-state index contributed by atoms with van der Waals surface area (Å²) in [5.41, 5.74) is 1.53. The van der Waals surface area contributed by atoms with Gasteiger partial charge in [-0.05, 0) is 54.3 Å². The first-order valence-electron chi connectivity index (χ1n) is 9.35. The Morgan fingerprint density at radius 1 is 1.00 bits per heavy atom. The number of benzene rings is 1. The molecule has 7 heteroatoms. The fourth-order valence-corrected chi connectivity index (χ4v) is 4.10. The van der Waals surface area contributed by atoms with Crippen LogP contribution in [0.2, 0.25) is 0 Å². The van der Waals surface area contributed by atoms with Crippen molar-refractivity contribution in [2.24, 2.45) is 11.8 Å². The SMILES string of the molecule is Fc1ccc(F)c(-c2ccc(N[C@@H]3[C@@H]4CN(Cc5ccccn5)C[C@@H]43)nn2)c1. The second kappa shape index (κ2) is 6.91. The Bertz CT molecular complexity index is 968. The highest BCUT2D eigenvalue weighted by Crippen LogP contribution is 2.47. The number of aromatic nitrogens is 3. The lowest BCUT2D eigenvalue weighted by molar-refractivity contribution is 0.289. The number of fused-ring (bicyclic) bond motifs is 1. The number of piperidine rings is 1. The zero-order chi connectivity index (χ0) is 19.1. The van der Waals surface area contributed by atoms with Gasteiger partial charge in [0, 0.05) is 37.4 Å². The van der Waals surface area contributed by atoms with Gasteiger partial charge in [0.05, 0.1) is 11.4 Å². The third-order valence-corrected chi connectivity index (χ3v) is 5.56. The topological polar surface area (TPSA) is 53.9 Å². The van der Waals surface area contributed by atoms with Gasteiger partial charge in [-0.3, -0.25) is 9.88 Å². The van der Waals surface area contributed by atoms with E-state index in [-0.39, 0.29) is 5.56 Å². The molecule has 5 nitrogen and oxygen atoms in total. The Morgan fingerprint density at radius 2 is 1.86 bits per heavy atom. The number of likely N-dealkylation sites (tertiary alicyclic amines) is 1. The quantitative estimate of drug-likeness (QED) is 0.737. The second-order valence-corrected chi connectivity index (χ2v) is 7.44. The molecule has 1 N–H and O–H groups in total. The zero-order valence-corrected chi connectivity index (χ0v) is 15.1. The highest BCUT2D eigenvalue weighted by molar-refractivity contribution is 5.60. The van der Waals surface area contributed by atoms with E-state index in [4.69, 9.17) is 0 Å². The predicted molar refractivity (Wildman–Crippen MR) is 101 cm³/mol. The largest absolute Gasteiger partial charge is 0.365 e. The minimum Gasteiger partial charge on any atom is -0.365 e. The lowest BCUT2D eigenvalue weighted by Crippen LogP contribution is -2.28. The molecule has 0 amide bonds. The van der Waals surface area contributed by atoms with E-state index in [1.807, 2.05) is 18.3 Å². The third-order valence-electron chi connectivity index (χ3n) is 5.56. The minimum absolute atomic E-state index is 0.118. The molecule has 0 unspecified atom stereocenters. The third kappa shape index (κ3) is 3.33. The first kappa shape index (κ1) is 17.2. The van der Waals surface area contributed by atoms with Gasteiger partial charge in [-0.2, -0.15) is 0 Å². The Morgan fingerprint density at radius 3 is 2.57 bits per heavy atom. The van der Waals surface area contributed by atoms with Gasteiger partial charge >= 0.3 is 0 Å². The molecule has 1 aliphatic carbocycles. The monoisotopic (exact) mass is 379 g/mol. The van der Waals surface area contributed by atoms with Gasteiger partial charge in [0.1, 0.15) is 17.5 Å². The summed E-state index contributed by atoms with van der Waals surface area (Å²) in [6.45, 7) is 2.96. The molecule has 2 fully saturated rings. The Balaban J connectivity index is 1.18. The van der Waals surface area contributed by atoms with E-state index in [0.717, 1.165) is 43.5 Å².